The molecule has 18 heavy (non-hydrogen) atoms. The Morgan fingerprint density at radius 1 is 1.50 bits per heavy atom. The first-order chi connectivity index (χ1) is 8.54. The lowest BCUT2D eigenvalue weighted by Gasteiger charge is -2.10. The second-order valence-corrected chi connectivity index (χ2v) is 5.18. The largest absolute Gasteiger partial charge is 0.490 e. The number of nitro benzene ring substituents is 1. The van der Waals surface area contributed by atoms with Gasteiger partial charge in [0.15, 0.2) is 5.75 Å². The summed E-state index contributed by atoms with van der Waals surface area (Å²) in [5, 5.41) is 14.2. The zero-order valence-electron chi connectivity index (χ0n) is 10.7. The summed E-state index contributed by atoms with van der Waals surface area (Å²) < 4.78 is 4.97. The molecule has 5 nitrogen and oxygen atoms in total. The summed E-state index contributed by atoms with van der Waals surface area (Å²) in [7, 11) is 1.44. The first-order valence-electron chi connectivity index (χ1n) is 6.06. The third-order valence-electron chi connectivity index (χ3n) is 3.42. The molecule has 0 amide bonds. The summed E-state index contributed by atoms with van der Waals surface area (Å²) in [5.74, 6) is 0.304. The van der Waals surface area contributed by atoms with Gasteiger partial charge >= 0.3 is 5.69 Å². The minimum Gasteiger partial charge on any atom is -0.490 e. The van der Waals surface area contributed by atoms with Gasteiger partial charge in [0.2, 0.25) is 0 Å². The Labute approximate surface area is 106 Å². The van der Waals surface area contributed by atoms with E-state index >= 15 is 0 Å². The van der Waals surface area contributed by atoms with Crippen LogP contribution in [-0.4, -0.2) is 18.6 Å². The number of nitro groups is 1. The van der Waals surface area contributed by atoms with Crippen LogP contribution < -0.4 is 10.1 Å². The van der Waals surface area contributed by atoms with E-state index in [2.05, 4.69) is 12.2 Å². The van der Waals surface area contributed by atoms with Crippen LogP contribution in [0.15, 0.2) is 18.2 Å². The normalized spacial score (nSPS) is 16.3. The molecule has 0 heterocycles. The van der Waals surface area contributed by atoms with Crippen LogP contribution in [0.2, 0.25) is 0 Å². The Morgan fingerprint density at radius 2 is 2.22 bits per heavy atom. The Kier molecular flexibility index (Phi) is 3.52. The average molecular weight is 250 g/mol. The first-order valence-corrected chi connectivity index (χ1v) is 6.06. The molecular weight excluding hydrogens is 232 g/mol. The van der Waals surface area contributed by atoms with Crippen molar-refractivity contribution in [2.45, 2.75) is 26.3 Å². The topological polar surface area (TPSA) is 64.4 Å². The molecule has 0 atom stereocenters. The van der Waals surface area contributed by atoms with E-state index in [1.807, 2.05) is 6.07 Å². The van der Waals surface area contributed by atoms with E-state index in [0.29, 0.717) is 17.7 Å². The van der Waals surface area contributed by atoms with E-state index in [0.717, 1.165) is 12.1 Å². The summed E-state index contributed by atoms with van der Waals surface area (Å²) >= 11 is 0. The molecule has 0 aliphatic heterocycles. The quantitative estimate of drug-likeness (QED) is 0.622. The van der Waals surface area contributed by atoms with Gasteiger partial charge in [0, 0.05) is 19.2 Å². The van der Waals surface area contributed by atoms with Gasteiger partial charge in [0.25, 0.3) is 0 Å². The molecule has 1 fully saturated rings. The molecule has 1 aromatic rings. The van der Waals surface area contributed by atoms with E-state index in [1.54, 1.807) is 12.1 Å². The molecule has 1 aliphatic rings. The fourth-order valence-electron chi connectivity index (χ4n) is 1.89. The molecule has 98 valence electrons. The van der Waals surface area contributed by atoms with Gasteiger partial charge in [-0.1, -0.05) is 13.0 Å². The van der Waals surface area contributed by atoms with Crippen molar-refractivity contribution in [3.63, 3.8) is 0 Å². The fraction of sp³-hybridized carbons (Fsp3) is 0.538. The standard InChI is InChI=1S/C13H18N2O3/c1-13(5-6-13)9-14-8-10-3-4-12(18-2)11(7-10)15(16)17/h3-4,7,14H,5-6,8-9H2,1-2H3. The van der Waals surface area contributed by atoms with Gasteiger partial charge in [0.1, 0.15) is 0 Å². The number of ether oxygens (including phenoxy) is 1. The lowest BCUT2D eigenvalue weighted by Crippen LogP contribution is -2.21. The number of nitrogens with zero attached hydrogens (tertiary/aromatic N) is 1. The van der Waals surface area contributed by atoms with Crippen LogP contribution in [0, 0.1) is 15.5 Å². The number of benzene rings is 1. The predicted molar refractivity (Wildman–Crippen MR) is 68.7 cm³/mol. The van der Waals surface area contributed by atoms with Gasteiger partial charge in [-0.05, 0) is 29.9 Å². The van der Waals surface area contributed by atoms with Crippen LogP contribution >= 0.6 is 0 Å². The molecule has 1 saturated carbocycles. The van der Waals surface area contributed by atoms with Crippen molar-refractivity contribution in [3.8, 4) is 5.75 Å². The molecule has 1 aliphatic carbocycles. The number of nitrogens with one attached hydrogen (secondary N) is 1. The van der Waals surface area contributed by atoms with Crippen molar-refractivity contribution < 1.29 is 9.66 Å². The molecule has 1 aromatic carbocycles. The minimum atomic E-state index is -0.412. The third kappa shape index (κ3) is 2.98. The number of methoxy groups -OCH3 is 1. The van der Waals surface area contributed by atoms with E-state index in [4.69, 9.17) is 4.74 Å². The number of rotatable bonds is 6. The van der Waals surface area contributed by atoms with E-state index in [1.165, 1.54) is 20.0 Å². The van der Waals surface area contributed by atoms with E-state index in [9.17, 15) is 10.1 Å². The summed E-state index contributed by atoms with van der Waals surface area (Å²) in [6, 6.07) is 5.07. The predicted octanol–water partition coefficient (Wildman–Crippen LogP) is 2.49. The van der Waals surface area contributed by atoms with Crippen molar-refractivity contribution >= 4 is 5.69 Å². The molecular formula is C13H18N2O3. The lowest BCUT2D eigenvalue weighted by molar-refractivity contribution is -0.385. The number of hydrogen-bond donors (Lipinski definition) is 1. The minimum absolute atomic E-state index is 0.0226. The lowest BCUT2D eigenvalue weighted by atomic mass is 10.1. The van der Waals surface area contributed by atoms with Crippen LogP contribution in [0.1, 0.15) is 25.3 Å². The van der Waals surface area contributed by atoms with Crippen LogP contribution in [0.3, 0.4) is 0 Å². The van der Waals surface area contributed by atoms with Gasteiger partial charge in [-0.3, -0.25) is 10.1 Å². The molecule has 0 unspecified atom stereocenters. The summed E-state index contributed by atoms with van der Waals surface area (Å²) in [4.78, 5) is 10.5. The van der Waals surface area contributed by atoms with Gasteiger partial charge < -0.3 is 10.1 Å². The average Bonchev–Trinajstić information content (AvgIpc) is 3.07. The first kappa shape index (κ1) is 12.8. The SMILES string of the molecule is COc1ccc(CNCC2(C)CC2)cc1[N+](=O)[O-]. The Balaban J connectivity index is 2.00. The zero-order valence-corrected chi connectivity index (χ0v) is 10.7. The second-order valence-electron chi connectivity index (χ2n) is 5.18. The van der Waals surface area contributed by atoms with Gasteiger partial charge in [-0.2, -0.15) is 0 Å². The maximum Gasteiger partial charge on any atom is 0.311 e. The molecule has 5 heteroatoms. The highest BCUT2D eigenvalue weighted by molar-refractivity contribution is 5.48. The Hall–Kier alpha value is -1.62. The highest BCUT2D eigenvalue weighted by Gasteiger charge is 2.36. The van der Waals surface area contributed by atoms with E-state index in [-0.39, 0.29) is 5.69 Å². The maximum absolute atomic E-state index is 10.9. The second kappa shape index (κ2) is 4.94. The fourth-order valence-corrected chi connectivity index (χ4v) is 1.89. The van der Waals surface area contributed by atoms with Crippen LogP contribution in [0.5, 0.6) is 5.75 Å². The van der Waals surface area contributed by atoms with Crippen LogP contribution in [0.4, 0.5) is 5.69 Å². The molecule has 1 N–H and O–H groups in total. The van der Waals surface area contributed by atoms with Crippen LogP contribution in [0.25, 0.3) is 0 Å². The van der Waals surface area contributed by atoms with Crippen molar-refractivity contribution in [2.75, 3.05) is 13.7 Å². The van der Waals surface area contributed by atoms with Gasteiger partial charge in [-0.15, -0.1) is 0 Å². The molecule has 0 spiro atoms. The molecule has 0 bridgehead atoms. The smallest absolute Gasteiger partial charge is 0.311 e. The summed E-state index contributed by atoms with van der Waals surface area (Å²) in [6.07, 6.45) is 2.53. The highest BCUT2D eigenvalue weighted by Crippen LogP contribution is 2.44. The maximum atomic E-state index is 10.9. The van der Waals surface area contributed by atoms with E-state index < -0.39 is 4.92 Å². The summed E-state index contributed by atoms with van der Waals surface area (Å²) in [6.45, 7) is 3.86. The molecule has 0 aromatic heterocycles. The Bertz CT molecular complexity index is 456. The van der Waals surface area contributed by atoms with Crippen molar-refractivity contribution in [2.24, 2.45) is 5.41 Å². The van der Waals surface area contributed by atoms with Gasteiger partial charge in [0.05, 0.1) is 12.0 Å². The van der Waals surface area contributed by atoms with Gasteiger partial charge in [-0.25, -0.2) is 0 Å². The zero-order chi connectivity index (χ0) is 13.2. The van der Waals surface area contributed by atoms with Crippen molar-refractivity contribution in [1.82, 2.24) is 5.32 Å². The van der Waals surface area contributed by atoms with Crippen LogP contribution in [-0.2, 0) is 6.54 Å². The monoisotopic (exact) mass is 250 g/mol. The number of hydrogen-bond acceptors (Lipinski definition) is 4. The molecule has 2 rings (SSSR count). The molecule has 0 saturated heterocycles. The van der Waals surface area contributed by atoms with Crippen molar-refractivity contribution in [3.05, 3.63) is 33.9 Å². The molecule has 0 radical (unpaired) electrons. The van der Waals surface area contributed by atoms with Crippen molar-refractivity contribution in [1.29, 1.82) is 0 Å². The Morgan fingerprint density at radius 3 is 2.78 bits per heavy atom. The highest BCUT2D eigenvalue weighted by atomic mass is 16.6. The summed E-state index contributed by atoms with van der Waals surface area (Å²) in [5.41, 5.74) is 1.37. The third-order valence-corrected chi connectivity index (χ3v) is 3.42.